The Morgan fingerprint density at radius 2 is 1.69 bits per heavy atom. The number of benzene rings is 3. The number of aromatic nitrogens is 2. The zero-order chi connectivity index (χ0) is 28.1. The van der Waals surface area contributed by atoms with Gasteiger partial charge in [0.1, 0.15) is 6.54 Å². The molecule has 0 atom stereocenters. The van der Waals surface area contributed by atoms with Gasteiger partial charge in [-0.15, -0.1) is 0 Å². The number of halogens is 1. The lowest BCUT2D eigenvalue weighted by atomic mass is 10.1. The third-order valence-corrected chi connectivity index (χ3v) is 6.57. The largest absolute Gasteiger partial charge is 0.493 e. The molecule has 0 radical (unpaired) electrons. The Labute approximate surface area is 233 Å². The summed E-state index contributed by atoms with van der Waals surface area (Å²) in [4.78, 5) is 32.9. The van der Waals surface area contributed by atoms with Crippen molar-refractivity contribution in [3.8, 4) is 28.4 Å². The number of ether oxygens (including phenoxy) is 2. The van der Waals surface area contributed by atoms with Crippen molar-refractivity contribution in [3.05, 3.63) is 89.1 Å². The number of imidazole rings is 1. The Balaban J connectivity index is 1.67. The Hall–Kier alpha value is -4.30. The number of anilines is 1. The van der Waals surface area contributed by atoms with E-state index in [2.05, 4.69) is 5.32 Å². The lowest BCUT2D eigenvalue weighted by molar-refractivity contribution is -0.117. The molecule has 0 saturated carbocycles. The molecular weight excluding hydrogens is 516 g/mol. The molecule has 8 nitrogen and oxygen atoms in total. The molecule has 2 amide bonds. The summed E-state index contributed by atoms with van der Waals surface area (Å²) in [6.07, 6.45) is 1.82. The predicted molar refractivity (Wildman–Crippen MR) is 153 cm³/mol. The zero-order valence-electron chi connectivity index (χ0n) is 22.6. The van der Waals surface area contributed by atoms with Gasteiger partial charge in [0.15, 0.2) is 11.5 Å². The summed E-state index contributed by atoms with van der Waals surface area (Å²) in [7, 11) is 3.13. The van der Waals surface area contributed by atoms with E-state index in [1.54, 1.807) is 54.0 Å². The molecule has 3 aromatic carbocycles. The number of methoxy groups -OCH3 is 2. The topological polar surface area (TPSA) is 85.7 Å². The van der Waals surface area contributed by atoms with Crippen LogP contribution in [0.25, 0.3) is 16.9 Å². The molecule has 0 saturated heterocycles. The van der Waals surface area contributed by atoms with E-state index in [4.69, 9.17) is 26.1 Å². The quantitative estimate of drug-likeness (QED) is 0.278. The molecule has 39 heavy (non-hydrogen) atoms. The SMILES string of the molecule is COc1ccc(-n2cc(-c3ccc(Cl)cc3)nc2NC(=O)CN(C(=O)c2ccccc2C)C(C)C)cc1OC. The van der Waals surface area contributed by atoms with E-state index in [9.17, 15) is 9.59 Å². The fourth-order valence-electron chi connectivity index (χ4n) is 4.18. The van der Waals surface area contributed by atoms with Crippen molar-refractivity contribution < 1.29 is 19.1 Å². The minimum Gasteiger partial charge on any atom is -0.493 e. The number of carbonyl (C=O) groups excluding carboxylic acids is 2. The van der Waals surface area contributed by atoms with Crippen molar-refractivity contribution in [1.29, 1.82) is 0 Å². The first-order valence-corrected chi connectivity index (χ1v) is 12.8. The number of hydrogen-bond donors (Lipinski definition) is 1. The minimum absolute atomic E-state index is 0.139. The zero-order valence-corrected chi connectivity index (χ0v) is 23.3. The van der Waals surface area contributed by atoms with Crippen LogP contribution in [0.1, 0.15) is 29.8 Å². The summed E-state index contributed by atoms with van der Waals surface area (Å²) in [5.74, 6) is 0.823. The van der Waals surface area contributed by atoms with Crippen LogP contribution in [0.3, 0.4) is 0 Å². The Morgan fingerprint density at radius 3 is 2.33 bits per heavy atom. The van der Waals surface area contributed by atoms with Gasteiger partial charge in [-0.2, -0.15) is 0 Å². The third kappa shape index (κ3) is 6.23. The van der Waals surface area contributed by atoms with Gasteiger partial charge in [0.25, 0.3) is 5.91 Å². The van der Waals surface area contributed by atoms with E-state index in [1.165, 1.54) is 0 Å². The maximum atomic E-state index is 13.3. The summed E-state index contributed by atoms with van der Waals surface area (Å²) in [5, 5.41) is 3.51. The van der Waals surface area contributed by atoms with Gasteiger partial charge >= 0.3 is 0 Å². The number of hydrogen-bond acceptors (Lipinski definition) is 5. The van der Waals surface area contributed by atoms with Crippen molar-refractivity contribution in [1.82, 2.24) is 14.5 Å². The second-order valence-corrected chi connectivity index (χ2v) is 9.69. The molecular formula is C30H31ClN4O4. The van der Waals surface area contributed by atoms with Crippen molar-refractivity contribution in [2.45, 2.75) is 26.8 Å². The Morgan fingerprint density at radius 1 is 1.00 bits per heavy atom. The van der Waals surface area contributed by atoms with Crippen LogP contribution in [0.5, 0.6) is 11.5 Å². The summed E-state index contributed by atoms with van der Waals surface area (Å²) in [6, 6.07) is 19.8. The van der Waals surface area contributed by atoms with E-state index in [1.807, 2.05) is 63.4 Å². The summed E-state index contributed by atoms with van der Waals surface area (Å²) < 4.78 is 12.6. The molecule has 0 fully saturated rings. The molecule has 1 heterocycles. The van der Waals surface area contributed by atoms with Gasteiger partial charge in [-0.3, -0.25) is 19.5 Å². The molecule has 1 aromatic heterocycles. The highest BCUT2D eigenvalue weighted by Crippen LogP contribution is 2.32. The first kappa shape index (κ1) is 27.7. The van der Waals surface area contributed by atoms with Gasteiger partial charge < -0.3 is 14.4 Å². The number of nitrogens with one attached hydrogen (secondary N) is 1. The van der Waals surface area contributed by atoms with Gasteiger partial charge in [0.2, 0.25) is 11.9 Å². The molecule has 9 heteroatoms. The summed E-state index contributed by atoms with van der Waals surface area (Å²) >= 11 is 6.08. The monoisotopic (exact) mass is 546 g/mol. The number of rotatable bonds is 9. The van der Waals surface area contributed by atoms with Crippen LogP contribution in [-0.4, -0.2) is 53.1 Å². The molecule has 0 aliphatic heterocycles. The lowest BCUT2D eigenvalue weighted by Crippen LogP contribution is -2.42. The second kappa shape index (κ2) is 12.0. The van der Waals surface area contributed by atoms with Gasteiger partial charge in [-0.25, -0.2) is 4.98 Å². The Bertz CT molecular complexity index is 1480. The van der Waals surface area contributed by atoms with Crippen LogP contribution in [0, 0.1) is 6.92 Å². The molecule has 0 aliphatic rings. The Kier molecular flexibility index (Phi) is 8.56. The van der Waals surface area contributed by atoms with Crippen LogP contribution in [0.2, 0.25) is 5.02 Å². The van der Waals surface area contributed by atoms with Crippen LogP contribution < -0.4 is 14.8 Å². The number of aryl methyl sites for hydroxylation is 1. The van der Waals surface area contributed by atoms with Crippen molar-refractivity contribution >= 4 is 29.4 Å². The molecule has 0 bridgehead atoms. The molecule has 1 N–H and O–H groups in total. The van der Waals surface area contributed by atoms with Crippen LogP contribution in [0.4, 0.5) is 5.95 Å². The molecule has 202 valence electrons. The summed E-state index contributed by atoms with van der Waals surface area (Å²) in [6.45, 7) is 5.50. The number of nitrogens with zero attached hydrogens (tertiary/aromatic N) is 3. The molecule has 0 spiro atoms. The van der Waals surface area contributed by atoms with Crippen LogP contribution >= 0.6 is 11.6 Å². The molecule has 4 rings (SSSR count). The van der Waals surface area contributed by atoms with Gasteiger partial charge in [-0.05, 0) is 56.7 Å². The number of amides is 2. The molecule has 0 unspecified atom stereocenters. The predicted octanol–water partition coefficient (Wildman–Crippen LogP) is 6.01. The highest BCUT2D eigenvalue weighted by molar-refractivity contribution is 6.30. The summed E-state index contributed by atoms with van der Waals surface area (Å²) in [5.41, 5.74) is 3.58. The highest BCUT2D eigenvalue weighted by Gasteiger charge is 2.24. The highest BCUT2D eigenvalue weighted by atomic mass is 35.5. The van der Waals surface area contributed by atoms with Gasteiger partial charge in [0, 0.05) is 34.5 Å². The molecule has 0 aliphatic carbocycles. The first-order chi connectivity index (χ1) is 18.7. The van der Waals surface area contributed by atoms with Crippen molar-refractivity contribution in [2.75, 3.05) is 26.1 Å². The van der Waals surface area contributed by atoms with E-state index < -0.39 is 0 Å². The first-order valence-electron chi connectivity index (χ1n) is 12.5. The second-order valence-electron chi connectivity index (χ2n) is 9.26. The fraction of sp³-hybridized carbons (Fsp3) is 0.233. The maximum absolute atomic E-state index is 13.3. The van der Waals surface area contributed by atoms with E-state index in [0.717, 1.165) is 11.1 Å². The van der Waals surface area contributed by atoms with Crippen molar-refractivity contribution in [2.24, 2.45) is 0 Å². The third-order valence-electron chi connectivity index (χ3n) is 6.32. The standard InChI is InChI=1S/C30H31ClN4O4/c1-19(2)34(29(37)24-9-7-6-8-20(24)3)18-28(36)33-30-32-25(21-10-12-22(31)13-11-21)17-35(30)23-14-15-26(38-4)27(16-23)39-5/h6-17,19H,18H2,1-5H3,(H,32,33,36). The number of carbonyl (C=O) groups is 2. The van der Waals surface area contributed by atoms with Crippen LogP contribution in [0.15, 0.2) is 72.9 Å². The van der Waals surface area contributed by atoms with E-state index in [0.29, 0.717) is 39.4 Å². The van der Waals surface area contributed by atoms with E-state index in [-0.39, 0.29) is 24.4 Å². The molecule has 4 aromatic rings. The smallest absolute Gasteiger partial charge is 0.254 e. The van der Waals surface area contributed by atoms with Crippen molar-refractivity contribution in [3.63, 3.8) is 0 Å². The average molecular weight is 547 g/mol. The van der Waals surface area contributed by atoms with E-state index >= 15 is 0 Å². The fourth-order valence-corrected chi connectivity index (χ4v) is 4.30. The minimum atomic E-state index is -0.374. The normalized spacial score (nSPS) is 10.8. The lowest BCUT2D eigenvalue weighted by Gasteiger charge is -2.26. The maximum Gasteiger partial charge on any atom is 0.254 e. The van der Waals surface area contributed by atoms with Crippen LogP contribution in [-0.2, 0) is 4.79 Å². The average Bonchev–Trinajstić information content (AvgIpc) is 3.34. The van der Waals surface area contributed by atoms with Gasteiger partial charge in [0.05, 0.1) is 25.6 Å². The van der Waals surface area contributed by atoms with Gasteiger partial charge in [-0.1, -0.05) is 41.9 Å².